The van der Waals surface area contributed by atoms with Crippen LogP contribution in [-0.2, 0) is 19.6 Å². The van der Waals surface area contributed by atoms with Gasteiger partial charge in [0, 0.05) is 12.6 Å². The summed E-state index contributed by atoms with van der Waals surface area (Å²) in [6.07, 6.45) is -1.35. The van der Waals surface area contributed by atoms with E-state index < -0.39 is 45.3 Å². The van der Waals surface area contributed by atoms with E-state index in [0.29, 0.717) is 5.56 Å². The molecule has 0 saturated heterocycles. The van der Waals surface area contributed by atoms with Crippen LogP contribution in [0.2, 0.25) is 0 Å². The van der Waals surface area contributed by atoms with Gasteiger partial charge in [-0.1, -0.05) is 13.0 Å². The Labute approximate surface area is 167 Å². The van der Waals surface area contributed by atoms with Crippen LogP contribution in [0, 0.1) is 18.6 Å². The Kier molecular flexibility index (Phi) is 7.04. The lowest BCUT2D eigenvalue weighted by atomic mass is 10.1. The highest BCUT2D eigenvalue weighted by atomic mass is 32.2. The van der Waals surface area contributed by atoms with E-state index in [1.54, 1.807) is 13.8 Å². The zero-order chi connectivity index (χ0) is 21.8. The third kappa shape index (κ3) is 5.58. The molecule has 0 aliphatic rings. The molecular weight excluding hydrogens is 406 g/mol. The van der Waals surface area contributed by atoms with Crippen molar-refractivity contribution in [1.29, 1.82) is 0 Å². The molecule has 0 bridgehead atoms. The fourth-order valence-electron chi connectivity index (χ4n) is 2.37. The van der Waals surface area contributed by atoms with Crippen LogP contribution in [0.15, 0.2) is 41.3 Å². The van der Waals surface area contributed by atoms with Crippen LogP contribution in [0.3, 0.4) is 0 Å². The standard InChI is InChI=1S/C19H20F2N2O5S/c1-4-22-29(26,27)14-7-5-11(2)15(10-14)19(25)28-12(3)18(24)23-17-9-13(20)6-8-16(17)21/h5-10,12,22H,4H2,1-3H3,(H,23,24). The zero-order valence-corrected chi connectivity index (χ0v) is 16.8. The summed E-state index contributed by atoms with van der Waals surface area (Å²) in [7, 11) is -3.79. The van der Waals surface area contributed by atoms with Gasteiger partial charge < -0.3 is 10.1 Å². The normalized spacial score (nSPS) is 12.3. The number of carbonyl (C=O) groups is 2. The molecule has 0 radical (unpaired) electrons. The lowest BCUT2D eigenvalue weighted by Crippen LogP contribution is -2.30. The van der Waals surface area contributed by atoms with Gasteiger partial charge in [-0.05, 0) is 43.7 Å². The second-order valence-corrected chi connectivity index (χ2v) is 7.91. The van der Waals surface area contributed by atoms with E-state index in [2.05, 4.69) is 10.0 Å². The highest BCUT2D eigenvalue weighted by Gasteiger charge is 2.23. The number of halogens is 2. The lowest BCUT2D eigenvalue weighted by Gasteiger charge is -2.15. The van der Waals surface area contributed by atoms with Gasteiger partial charge in [-0.2, -0.15) is 0 Å². The van der Waals surface area contributed by atoms with Gasteiger partial charge in [0.25, 0.3) is 5.91 Å². The first-order valence-corrected chi connectivity index (χ1v) is 10.1. The third-order valence-electron chi connectivity index (χ3n) is 3.91. The Morgan fingerprint density at radius 1 is 1.14 bits per heavy atom. The molecule has 2 N–H and O–H groups in total. The summed E-state index contributed by atoms with van der Waals surface area (Å²) in [4.78, 5) is 24.5. The van der Waals surface area contributed by atoms with Gasteiger partial charge in [0.15, 0.2) is 6.10 Å². The number of anilines is 1. The highest BCUT2D eigenvalue weighted by molar-refractivity contribution is 7.89. The first-order chi connectivity index (χ1) is 13.5. The number of nitrogens with one attached hydrogen (secondary N) is 2. The molecule has 0 fully saturated rings. The largest absolute Gasteiger partial charge is 0.449 e. The molecular formula is C19H20F2N2O5S. The van der Waals surface area contributed by atoms with Crippen LogP contribution in [0.1, 0.15) is 29.8 Å². The topological polar surface area (TPSA) is 102 Å². The Balaban J connectivity index is 2.16. The molecule has 0 spiro atoms. The van der Waals surface area contributed by atoms with Crippen molar-refractivity contribution < 1.29 is 31.5 Å². The molecule has 2 aromatic rings. The van der Waals surface area contributed by atoms with E-state index in [1.807, 2.05) is 0 Å². The maximum Gasteiger partial charge on any atom is 0.339 e. The molecule has 0 aromatic heterocycles. The molecule has 156 valence electrons. The van der Waals surface area contributed by atoms with Crippen molar-refractivity contribution in [2.45, 2.75) is 31.8 Å². The number of carbonyl (C=O) groups excluding carboxylic acids is 2. The molecule has 1 amide bonds. The molecule has 2 aromatic carbocycles. The van der Waals surface area contributed by atoms with Crippen molar-refractivity contribution >= 4 is 27.6 Å². The number of rotatable bonds is 7. The lowest BCUT2D eigenvalue weighted by molar-refractivity contribution is -0.123. The van der Waals surface area contributed by atoms with Crippen LogP contribution in [0.5, 0.6) is 0 Å². The summed E-state index contributed by atoms with van der Waals surface area (Å²) in [5.74, 6) is -3.41. The monoisotopic (exact) mass is 426 g/mol. The second-order valence-electron chi connectivity index (χ2n) is 6.14. The van der Waals surface area contributed by atoms with Gasteiger partial charge in [0.1, 0.15) is 11.6 Å². The number of hydrogen-bond donors (Lipinski definition) is 2. The molecule has 0 aliphatic carbocycles. The minimum atomic E-state index is -3.79. The maximum atomic E-state index is 13.6. The molecule has 2 rings (SSSR count). The predicted molar refractivity (Wildman–Crippen MR) is 102 cm³/mol. The van der Waals surface area contributed by atoms with E-state index in [-0.39, 0.29) is 17.0 Å². The van der Waals surface area contributed by atoms with Crippen LogP contribution in [-0.4, -0.2) is 32.9 Å². The Morgan fingerprint density at radius 2 is 1.83 bits per heavy atom. The highest BCUT2D eigenvalue weighted by Crippen LogP contribution is 2.19. The van der Waals surface area contributed by atoms with Crippen LogP contribution in [0.25, 0.3) is 0 Å². The van der Waals surface area contributed by atoms with Crippen molar-refractivity contribution in [2.24, 2.45) is 0 Å². The van der Waals surface area contributed by atoms with Gasteiger partial charge in [0.2, 0.25) is 10.0 Å². The Hall–Kier alpha value is -2.85. The van der Waals surface area contributed by atoms with Crippen molar-refractivity contribution in [3.05, 3.63) is 59.2 Å². The first kappa shape index (κ1) is 22.4. The van der Waals surface area contributed by atoms with Crippen molar-refractivity contribution in [3.63, 3.8) is 0 Å². The number of benzene rings is 2. The van der Waals surface area contributed by atoms with Gasteiger partial charge >= 0.3 is 5.97 Å². The minimum absolute atomic E-state index is 0.0411. The minimum Gasteiger partial charge on any atom is -0.449 e. The average Bonchev–Trinajstić information content (AvgIpc) is 2.64. The summed E-state index contributed by atoms with van der Waals surface area (Å²) in [6.45, 7) is 4.61. The van der Waals surface area contributed by atoms with Gasteiger partial charge in [-0.15, -0.1) is 0 Å². The molecule has 1 unspecified atom stereocenters. The molecule has 1 atom stereocenters. The Bertz CT molecular complexity index is 1040. The summed E-state index contributed by atoms with van der Waals surface area (Å²) in [5.41, 5.74) is 0.00241. The fraction of sp³-hybridized carbons (Fsp3) is 0.263. The summed E-state index contributed by atoms with van der Waals surface area (Å²) >= 11 is 0. The van der Waals surface area contributed by atoms with Crippen molar-refractivity contribution in [1.82, 2.24) is 4.72 Å². The number of sulfonamides is 1. The zero-order valence-electron chi connectivity index (χ0n) is 16.0. The van der Waals surface area contributed by atoms with Crippen LogP contribution in [0.4, 0.5) is 14.5 Å². The van der Waals surface area contributed by atoms with E-state index in [1.165, 1.54) is 19.1 Å². The fourth-order valence-corrected chi connectivity index (χ4v) is 3.43. The predicted octanol–water partition coefficient (Wildman–Crippen LogP) is 2.76. The van der Waals surface area contributed by atoms with E-state index in [4.69, 9.17) is 4.74 Å². The summed E-state index contributed by atoms with van der Waals surface area (Å²) in [5, 5.41) is 2.14. The molecule has 10 heteroatoms. The number of hydrogen-bond acceptors (Lipinski definition) is 5. The molecule has 0 aliphatic heterocycles. The smallest absolute Gasteiger partial charge is 0.339 e. The SMILES string of the molecule is CCNS(=O)(=O)c1ccc(C)c(C(=O)OC(C)C(=O)Nc2cc(F)ccc2F)c1. The van der Waals surface area contributed by atoms with E-state index in [0.717, 1.165) is 24.3 Å². The van der Waals surface area contributed by atoms with Crippen molar-refractivity contribution in [3.8, 4) is 0 Å². The van der Waals surface area contributed by atoms with Gasteiger partial charge in [-0.3, -0.25) is 4.79 Å². The summed E-state index contributed by atoms with van der Waals surface area (Å²) in [6, 6.07) is 6.46. The quantitative estimate of drug-likeness (QED) is 0.663. The Morgan fingerprint density at radius 3 is 2.48 bits per heavy atom. The van der Waals surface area contributed by atoms with Gasteiger partial charge in [0.05, 0.1) is 16.1 Å². The van der Waals surface area contributed by atoms with E-state index >= 15 is 0 Å². The van der Waals surface area contributed by atoms with Crippen LogP contribution < -0.4 is 10.0 Å². The number of amides is 1. The number of ether oxygens (including phenoxy) is 1. The molecule has 0 heterocycles. The second kappa shape index (κ2) is 9.10. The average molecular weight is 426 g/mol. The summed E-state index contributed by atoms with van der Waals surface area (Å²) < 4.78 is 58.5. The molecule has 0 saturated carbocycles. The van der Waals surface area contributed by atoms with Crippen LogP contribution >= 0.6 is 0 Å². The van der Waals surface area contributed by atoms with E-state index in [9.17, 15) is 26.8 Å². The molecule has 7 nitrogen and oxygen atoms in total. The number of aryl methyl sites for hydroxylation is 1. The number of esters is 1. The first-order valence-electron chi connectivity index (χ1n) is 8.62. The maximum absolute atomic E-state index is 13.6. The van der Waals surface area contributed by atoms with Crippen molar-refractivity contribution in [2.75, 3.05) is 11.9 Å². The third-order valence-corrected chi connectivity index (χ3v) is 5.46. The van der Waals surface area contributed by atoms with Gasteiger partial charge in [-0.25, -0.2) is 26.7 Å². The molecule has 29 heavy (non-hydrogen) atoms.